The zero-order chi connectivity index (χ0) is 21.8. The molecule has 0 spiro atoms. The number of fused-ring (bicyclic) bond motifs is 1. The Labute approximate surface area is 188 Å². The number of alkyl carbamates (subject to hydrolysis) is 1. The SMILES string of the molecule is CNCCc1noc(-c2ccc3c(c2)[C@H](NC(=O)OC(C)C)C[C@H](C)N3C(C)=O)n1.Cl. The number of hydrogen-bond donors (Lipinski definition) is 2. The maximum absolute atomic E-state index is 12.3. The number of hydrogen-bond acceptors (Lipinski definition) is 7. The first-order chi connectivity index (χ1) is 14.3. The zero-order valence-corrected chi connectivity index (χ0v) is 19.3. The second-order valence-corrected chi connectivity index (χ2v) is 7.77. The van der Waals surface area contributed by atoms with E-state index < -0.39 is 6.09 Å². The van der Waals surface area contributed by atoms with Gasteiger partial charge in [-0.05, 0) is 58.0 Å². The minimum absolute atomic E-state index is 0. The lowest BCUT2D eigenvalue weighted by atomic mass is 9.90. The summed E-state index contributed by atoms with van der Waals surface area (Å²) in [6.45, 7) is 7.86. The summed E-state index contributed by atoms with van der Waals surface area (Å²) in [5, 5.41) is 10.0. The average Bonchev–Trinajstić information content (AvgIpc) is 3.14. The van der Waals surface area contributed by atoms with Gasteiger partial charge in [0.15, 0.2) is 5.82 Å². The van der Waals surface area contributed by atoms with Gasteiger partial charge in [-0.2, -0.15) is 4.98 Å². The number of rotatable bonds is 6. The number of amides is 2. The lowest BCUT2D eigenvalue weighted by molar-refractivity contribution is -0.117. The van der Waals surface area contributed by atoms with Crippen LogP contribution in [0.5, 0.6) is 0 Å². The van der Waals surface area contributed by atoms with Crippen molar-refractivity contribution in [3.63, 3.8) is 0 Å². The lowest BCUT2D eigenvalue weighted by Crippen LogP contribution is -2.45. The molecule has 0 saturated carbocycles. The number of halogens is 1. The molecule has 2 heterocycles. The summed E-state index contributed by atoms with van der Waals surface area (Å²) in [5.74, 6) is 0.971. The molecule has 2 amide bonds. The molecule has 10 heteroatoms. The average molecular weight is 452 g/mol. The van der Waals surface area contributed by atoms with Crippen molar-refractivity contribution in [3.8, 4) is 11.5 Å². The predicted molar refractivity (Wildman–Crippen MR) is 119 cm³/mol. The van der Waals surface area contributed by atoms with Gasteiger partial charge in [-0.3, -0.25) is 4.79 Å². The molecule has 0 radical (unpaired) electrons. The summed E-state index contributed by atoms with van der Waals surface area (Å²) < 4.78 is 10.7. The normalized spacial score (nSPS) is 17.7. The van der Waals surface area contributed by atoms with E-state index in [2.05, 4.69) is 20.8 Å². The zero-order valence-electron chi connectivity index (χ0n) is 18.5. The Hall–Kier alpha value is -2.65. The number of nitrogens with one attached hydrogen (secondary N) is 2. The Morgan fingerprint density at radius 3 is 2.74 bits per heavy atom. The fourth-order valence-corrected chi connectivity index (χ4v) is 3.71. The molecule has 2 atom stereocenters. The molecule has 0 aliphatic carbocycles. The van der Waals surface area contributed by atoms with Crippen molar-refractivity contribution < 1.29 is 18.8 Å². The van der Waals surface area contributed by atoms with Gasteiger partial charge in [-0.15, -0.1) is 12.4 Å². The molecule has 0 saturated heterocycles. The van der Waals surface area contributed by atoms with E-state index in [1.54, 1.807) is 25.7 Å². The number of carbonyl (C=O) groups is 2. The molecule has 0 unspecified atom stereocenters. The van der Waals surface area contributed by atoms with Crippen molar-refractivity contribution in [3.05, 3.63) is 29.6 Å². The molecule has 1 aromatic carbocycles. The van der Waals surface area contributed by atoms with Crippen LogP contribution in [0.3, 0.4) is 0 Å². The van der Waals surface area contributed by atoms with Crippen molar-refractivity contribution in [2.24, 2.45) is 0 Å². The number of benzene rings is 1. The molecule has 1 aromatic heterocycles. The van der Waals surface area contributed by atoms with E-state index in [4.69, 9.17) is 9.26 Å². The van der Waals surface area contributed by atoms with Crippen molar-refractivity contribution in [2.75, 3.05) is 18.5 Å². The number of aromatic nitrogens is 2. The van der Waals surface area contributed by atoms with Gasteiger partial charge in [0, 0.05) is 37.2 Å². The van der Waals surface area contributed by atoms with Crippen LogP contribution in [0, 0.1) is 0 Å². The summed E-state index contributed by atoms with van der Waals surface area (Å²) in [6.07, 6.45) is 0.522. The van der Waals surface area contributed by atoms with Crippen LogP contribution in [0.2, 0.25) is 0 Å². The highest BCUT2D eigenvalue weighted by Crippen LogP contribution is 2.39. The Balaban J connectivity index is 0.00000341. The first-order valence-corrected chi connectivity index (χ1v) is 10.2. The van der Waals surface area contributed by atoms with E-state index in [1.807, 2.05) is 32.2 Å². The maximum Gasteiger partial charge on any atom is 0.407 e. The molecule has 0 fully saturated rings. The van der Waals surface area contributed by atoms with Crippen LogP contribution < -0.4 is 15.5 Å². The van der Waals surface area contributed by atoms with Gasteiger partial charge in [-0.1, -0.05) is 5.16 Å². The topological polar surface area (TPSA) is 110 Å². The molecule has 2 aromatic rings. The van der Waals surface area contributed by atoms with Crippen molar-refractivity contribution in [2.45, 2.75) is 58.7 Å². The monoisotopic (exact) mass is 451 g/mol. The van der Waals surface area contributed by atoms with E-state index in [0.29, 0.717) is 24.6 Å². The minimum Gasteiger partial charge on any atom is -0.447 e. The van der Waals surface area contributed by atoms with Crippen molar-refractivity contribution >= 4 is 30.1 Å². The van der Waals surface area contributed by atoms with Gasteiger partial charge in [0.05, 0.1) is 12.1 Å². The van der Waals surface area contributed by atoms with Crippen LogP contribution >= 0.6 is 12.4 Å². The van der Waals surface area contributed by atoms with Crippen molar-refractivity contribution in [1.29, 1.82) is 0 Å². The van der Waals surface area contributed by atoms with Crippen LogP contribution in [0.4, 0.5) is 10.5 Å². The highest BCUT2D eigenvalue weighted by Gasteiger charge is 2.34. The Bertz CT molecular complexity index is 917. The minimum atomic E-state index is -0.484. The fraction of sp³-hybridized carbons (Fsp3) is 0.524. The molecular weight excluding hydrogens is 422 g/mol. The number of nitrogens with zero attached hydrogens (tertiary/aromatic N) is 3. The molecule has 31 heavy (non-hydrogen) atoms. The van der Waals surface area contributed by atoms with Gasteiger partial charge in [0.1, 0.15) is 0 Å². The number of likely N-dealkylation sites (N-methyl/N-ethyl adjacent to an activating group) is 1. The molecule has 3 rings (SSSR count). The van der Waals surface area contributed by atoms with Crippen LogP contribution in [0.15, 0.2) is 22.7 Å². The second kappa shape index (κ2) is 10.6. The van der Waals surface area contributed by atoms with E-state index in [0.717, 1.165) is 23.4 Å². The fourth-order valence-electron chi connectivity index (χ4n) is 3.71. The number of ether oxygens (including phenoxy) is 1. The molecule has 9 nitrogen and oxygen atoms in total. The molecule has 170 valence electrons. The van der Waals surface area contributed by atoms with Crippen LogP contribution in [-0.2, 0) is 16.0 Å². The Morgan fingerprint density at radius 1 is 1.35 bits per heavy atom. The first kappa shape index (κ1) is 24.6. The number of anilines is 1. The smallest absolute Gasteiger partial charge is 0.407 e. The quantitative estimate of drug-likeness (QED) is 0.693. The Morgan fingerprint density at radius 2 is 2.10 bits per heavy atom. The molecule has 1 aliphatic heterocycles. The van der Waals surface area contributed by atoms with Gasteiger partial charge in [0.2, 0.25) is 5.91 Å². The van der Waals surface area contributed by atoms with E-state index in [-0.39, 0.29) is 36.5 Å². The van der Waals surface area contributed by atoms with Crippen LogP contribution in [0.25, 0.3) is 11.5 Å². The van der Waals surface area contributed by atoms with E-state index in [1.165, 1.54) is 0 Å². The molecule has 1 aliphatic rings. The van der Waals surface area contributed by atoms with Crippen molar-refractivity contribution in [1.82, 2.24) is 20.8 Å². The lowest BCUT2D eigenvalue weighted by Gasteiger charge is -2.39. The van der Waals surface area contributed by atoms with E-state index in [9.17, 15) is 9.59 Å². The molecule has 0 bridgehead atoms. The summed E-state index contributed by atoms with van der Waals surface area (Å²) >= 11 is 0. The Kier molecular flexibility index (Phi) is 8.41. The second-order valence-electron chi connectivity index (χ2n) is 7.77. The summed E-state index contributed by atoms with van der Waals surface area (Å²) in [5.41, 5.74) is 2.31. The summed E-state index contributed by atoms with van der Waals surface area (Å²) in [6, 6.07) is 5.24. The summed E-state index contributed by atoms with van der Waals surface area (Å²) in [7, 11) is 1.86. The van der Waals surface area contributed by atoms with Gasteiger partial charge in [-0.25, -0.2) is 4.79 Å². The van der Waals surface area contributed by atoms with Gasteiger partial charge >= 0.3 is 6.09 Å². The largest absolute Gasteiger partial charge is 0.447 e. The third kappa shape index (κ3) is 5.74. The number of carbonyl (C=O) groups excluding carboxylic acids is 2. The van der Waals surface area contributed by atoms with Gasteiger partial charge in [0.25, 0.3) is 5.89 Å². The first-order valence-electron chi connectivity index (χ1n) is 10.2. The highest BCUT2D eigenvalue weighted by atomic mass is 35.5. The summed E-state index contributed by atoms with van der Waals surface area (Å²) in [4.78, 5) is 30.7. The van der Waals surface area contributed by atoms with E-state index >= 15 is 0 Å². The molecule has 2 N–H and O–H groups in total. The van der Waals surface area contributed by atoms with Crippen LogP contribution in [-0.4, -0.2) is 47.9 Å². The maximum atomic E-state index is 12.3. The third-order valence-corrected chi connectivity index (χ3v) is 4.97. The highest BCUT2D eigenvalue weighted by molar-refractivity contribution is 5.94. The predicted octanol–water partition coefficient (Wildman–Crippen LogP) is 3.24. The molecular formula is C21H30ClN5O4. The van der Waals surface area contributed by atoms with Crippen LogP contribution in [0.1, 0.15) is 51.5 Å². The van der Waals surface area contributed by atoms with Gasteiger partial charge < -0.3 is 24.8 Å². The third-order valence-electron chi connectivity index (χ3n) is 4.97. The standard InChI is InChI=1S/C21H29N5O4.ClH/c1-12(2)29-21(28)23-17-10-13(3)26(14(4)27)18-7-6-15(11-16(17)18)20-24-19(25-30-20)8-9-22-5;/h6-7,11-13,17,22H,8-10H2,1-5H3,(H,23,28);1H/t13-,17+;/m0./s1.